The van der Waals surface area contributed by atoms with Gasteiger partial charge in [0.15, 0.2) is 5.82 Å². The van der Waals surface area contributed by atoms with Gasteiger partial charge < -0.3 is 4.74 Å². The zero-order chi connectivity index (χ0) is 18.0. The van der Waals surface area contributed by atoms with Crippen LogP contribution in [0.3, 0.4) is 0 Å². The van der Waals surface area contributed by atoms with Crippen molar-refractivity contribution in [3.8, 4) is 11.4 Å². The molecule has 0 aliphatic carbocycles. The molecule has 3 rings (SSSR count). The van der Waals surface area contributed by atoms with Crippen LogP contribution in [0.2, 0.25) is 0 Å². The number of H-pyrrole nitrogens is 1. The van der Waals surface area contributed by atoms with Gasteiger partial charge in [-0.15, -0.1) is 0 Å². The fourth-order valence-electron chi connectivity index (χ4n) is 2.69. The molecule has 0 saturated carbocycles. The van der Waals surface area contributed by atoms with Crippen LogP contribution in [0.25, 0.3) is 5.69 Å². The zero-order valence-corrected chi connectivity index (χ0v) is 14.7. The summed E-state index contributed by atoms with van der Waals surface area (Å²) < 4.78 is 6.66. The number of benzene rings is 1. The van der Waals surface area contributed by atoms with Crippen LogP contribution in [0.5, 0.6) is 5.75 Å². The number of aliphatic imine (C=N–C) groups is 1. The van der Waals surface area contributed by atoms with E-state index >= 15 is 0 Å². The monoisotopic (exact) mass is 336 g/mol. The summed E-state index contributed by atoms with van der Waals surface area (Å²) >= 11 is 0. The molecule has 0 aliphatic heterocycles. The third kappa shape index (κ3) is 3.24. The van der Waals surface area contributed by atoms with Gasteiger partial charge in [-0.3, -0.25) is 9.89 Å². The Balaban J connectivity index is 2.05. The fourth-order valence-corrected chi connectivity index (χ4v) is 2.69. The van der Waals surface area contributed by atoms with Crippen LogP contribution in [0, 0.1) is 13.8 Å². The minimum Gasteiger partial charge on any atom is -0.497 e. The third-order valence-electron chi connectivity index (χ3n) is 4.02. The molecule has 0 aliphatic rings. The highest BCUT2D eigenvalue weighted by Gasteiger charge is 2.15. The fraction of sp³-hybridized carbons (Fsp3) is 0.211. The van der Waals surface area contributed by atoms with E-state index in [-0.39, 0.29) is 5.56 Å². The number of hydrogen-bond donors (Lipinski definition) is 1. The summed E-state index contributed by atoms with van der Waals surface area (Å²) in [5, 5.41) is 3.11. The van der Waals surface area contributed by atoms with Crippen molar-refractivity contribution < 1.29 is 4.74 Å². The molecule has 3 aromatic rings. The summed E-state index contributed by atoms with van der Waals surface area (Å²) in [6.07, 6.45) is 1.69. The second-order valence-corrected chi connectivity index (χ2v) is 5.79. The molecule has 6 nitrogen and oxygen atoms in total. The summed E-state index contributed by atoms with van der Waals surface area (Å²) in [7, 11) is 1.61. The van der Waals surface area contributed by atoms with E-state index in [1.807, 2.05) is 57.2 Å². The highest BCUT2D eigenvalue weighted by atomic mass is 16.5. The first-order valence-corrected chi connectivity index (χ1v) is 7.94. The van der Waals surface area contributed by atoms with Crippen LogP contribution in [0.15, 0.2) is 52.4 Å². The molecule has 0 radical (unpaired) electrons. The van der Waals surface area contributed by atoms with Gasteiger partial charge in [-0.05, 0) is 56.7 Å². The molecule has 0 fully saturated rings. The average Bonchev–Trinajstić information content (AvgIpc) is 2.91. The number of nitrogens with one attached hydrogen (secondary N) is 1. The first kappa shape index (κ1) is 16.7. The van der Waals surface area contributed by atoms with Gasteiger partial charge in [0.25, 0.3) is 5.56 Å². The Kier molecular flexibility index (Phi) is 4.52. The quantitative estimate of drug-likeness (QED) is 0.743. The SMILES string of the molecule is COc1ccc(-n2[nH]c(C)c(C(C)=Nc3ncccc3C)c2=O)cc1. The largest absolute Gasteiger partial charge is 0.497 e. The van der Waals surface area contributed by atoms with Crippen LogP contribution in [0.4, 0.5) is 5.82 Å². The van der Waals surface area contributed by atoms with Crippen LogP contribution >= 0.6 is 0 Å². The highest BCUT2D eigenvalue weighted by Crippen LogP contribution is 2.17. The number of ether oxygens (including phenoxy) is 1. The van der Waals surface area contributed by atoms with Crippen LogP contribution in [0.1, 0.15) is 23.7 Å². The maximum absolute atomic E-state index is 12.9. The third-order valence-corrected chi connectivity index (χ3v) is 4.02. The lowest BCUT2D eigenvalue weighted by atomic mass is 10.1. The number of hydrogen-bond acceptors (Lipinski definition) is 4. The van der Waals surface area contributed by atoms with Crippen molar-refractivity contribution in [3.63, 3.8) is 0 Å². The molecule has 0 unspecified atom stereocenters. The van der Waals surface area contributed by atoms with Crippen LogP contribution in [-0.4, -0.2) is 27.6 Å². The highest BCUT2D eigenvalue weighted by molar-refractivity contribution is 6.00. The van der Waals surface area contributed by atoms with E-state index in [0.29, 0.717) is 17.1 Å². The number of rotatable bonds is 4. The molecular weight excluding hydrogens is 316 g/mol. The Morgan fingerprint density at radius 3 is 2.56 bits per heavy atom. The normalized spacial score (nSPS) is 11.6. The molecule has 0 amide bonds. The summed E-state index contributed by atoms with van der Waals surface area (Å²) in [4.78, 5) is 21.7. The molecular formula is C19H20N4O2. The predicted octanol–water partition coefficient (Wildman–Crippen LogP) is 3.33. The Morgan fingerprint density at radius 2 is 1.92 bits per heavy atom. The zero-order valence-electron chi connectivity index (χ0n) is 14.7. The molecule has 2 heterocycles. The molecule has 1 N–H and O–H groups in total. The van der Waals surface area contributed by atoms with E-state index in [2.05, 4.69) is 15.1 Å². The minimum absolute atomic E-state index is 0.141. The van der Waals surface area contributed by atoms with Crippen molar-refractivity contribution in [2.24, 2.45) is 4.99 Å². The van der Waals surface area contributed by atoms with E-state index in [4.69, 9.17) is 4.74 Å². The number of methoxy groups -OCH3 is 1. The van der Waals surface area contributed by atoms with Gasteiger partial charge >= 0.3 is 0 Å². The van der Waals surface area contributed by atoms with Gasteiger partial charge in [-0.25, -0.2) is 14.7 Å². The number of aromatic nitrogens is 3. The first-order chi connectivity index (χ1) is 12.0. The topological polar surface area (TPSA) is 72.3 Å². The van der Waals surface area contributed by atoms with Crippen molar-refractivity contribution in [3.05, 3.63) is 69.8 Å². The van der Waals surface area contributed by atoms with Crippen LogP contribution < -0.4 is 10.3 Å². The van der Waals surface area contributed by atoms with Crippen molar-refractivity contribution >= 4 is 11.5 Å². The van der Waals surface area contributed by atoms with E-state index in [1.165, 1.54) is 4.68 Å². The van der Waals surface area contributed by atoms with E-state index < -0.39 is 0 Å². The van der Waals surface area contributed by atoms with Gasteiger partial charge in [0.2, 0.25) is 0 Å². The molecule has 0 bridgehead atoms. The van der Waals surface area contributed by atoms with Gasteiger partial charge in [-0.1, -0.05) is 6.07 Å². The minimum atomic E-state index is -0.141. The molecule has 1 aromatic carbocycles. The van der Waals surface area contributed by atoms with Crippen molar-refractivity contribution in [1.29, 1.82) is 0 Å². The summed E-state index contributed by atoms with van der Waals surface area (Å²) in [5.74, 6) is 1.36. The maximum Gasteiger partial charge on any atom is 0.280 e. The van der Waals surface area contributed by atoms with E-state index in [0.717, 1.165) is 22.7 Å². The van der Waals surface area contributed by atoms with Crippen LogP contribution in [-0.2, 0) is 0 Å². The summed E-state index contributed by atoms with van der Waals surface area (Å²) in [5.41, 5.74) is 3.51. The lowest BCUT2D eigenvalue weighted by Gasteiger charge is -2.03. The average molecular weight is 336 g/mol. The summed E-state index contributed by atoms with van der Waals surface area (Å²) in [6, 6.07) is 11.1. The lowest BCUT2D eigenvalue weighted by Crippen LogP contribution is -2.19. The molecule has 0 spiro atoms. The molecule has 6 heteroatoms. The molecule has 0 saturated heterocycles. The second-order valence-electron chi connectivity index (χ2n) is 5.79. The number of aryl methyl sites for hydroxylation is 2. The predicted molar refractivity (Wildman–Crippen MR) is 98.5 cm³/mol. The Bertz CT molecular complexity index is 981. The van der Waals surface area contributed by atoms with Crippen molar-refractivity contribution in [1.82, 2.24) is 14.8 Å². The smallest absolute Gasteiger partial charge is 0.280 e. The standard InChI is InChI=1S/C19H20N4O2/c1-12-6-5-11-20-18(12)21-13(2)17-14(3)22-23(19(17)24)15-7-9-16(25-4)10-8-15/h5-11,22H,1-4H3. The van der Waals surface area contributed by atoms with E-state index in [9.17, 15) is 4.79 Å². The van der Waals surface area contributed by atoms with Gasteiger partial charge in [-0.2, -0.15) is 0 Å². The number of nitrogens with zero attached hydrogens (tertiary/aromatic N) is 3. The van der Waals surface area contributed by atoms with E-state index in [1.54, 1.807) is 13.3 Å². The maximum atomic E-state index is 12.9. The Morgan fingerprint density at radius 1 is 1.20 bits per heavy atom. The number of aromatic amines is 1. The molecule has 2 aromatic heterocycles. The Labute approximate surface area is 145 Å². The summed E-state index contributed by atoms with van der Waals surface area (Å²) in [6.45, 7) is 5.63. The first-order valence-electron chi connectivity index (χ1n) is 7.94. The van der Waals surface area contributed by atoms with Crippen molar-refractivity contribution in [2.45, 2.75) is 20.8 Å². The van der Waals surface area contributed by atoms with Crippen molar-refractivity contribution in [2.75, 3.05) is 7.11 Å². The van der Waals surface area contributed by atoms with Gasteiger partial charge in [0, 0.05) is 11.9 Å². The Hall–Kier alpha value is -3.15. The van der Waals surface area contributed by atoms with Gasteiger partial charge in [0.1, 0.15) is 5.75 Å². The number of pyridine rings is 1. The lowest BCUT2D eigenvalue weighted by molar-refractivity contribution is 0.414. The molecule has 128 valence electrons. The molecule has 25 heavy (non-hydrogen) atoms. The molecule has 0 atom stereocenters. The van der Waals surface area contributed by atoms with Gasteiger partial charge in [0.05, 0.1) is 24.1 Å². The second kappa shape index (κ2) is 6.76.